The standard InChI is InChI=1S/C23H24N6O5/c1-5-33-20-9-16-15(8-19(20)32-4)23(26-12-25-16)34-14-7-18(31-3)17(24-11-14)10-22(30)27-21-6-13(2)28-29-21/h6-9,11-12H,5,10H2,1-4H3,(H2,27,28,29,30). The molecule has 3 heterocycles. The predicted molar refractivity (Wildman–Crippen MR) is 124 cm³/mol. The average Bonchev–Trinajstić information content (AvgIpc) is 3.24. The average molecular weight is 464 g/mol. The number of fused-ring (bicyclic) bond motifs is 1. The second kappa shape index (κ2) is 10.0. The number of hydrogen-bond donors (Lipinski definition) is 2. The van der Waals surface area contributed by atoms with Gasteiger partial charge in [0.05, 0.1) is 50.0 Å². The third-order valence-electron chi connectivity index (χ3n) is 4.83. The molecule has 1 aromatic carbocycles. The lowest BCUT2D eigenvalue weighted by Crippen LogP contribution is -2.16. The summed E-state index contributed by atoms with van der Waals surface area (Å²) in [6.45, 7) is 4.23. The van der Waals surface area contributed by atoms with Crippen LogP contribution in [-0.4, -0.2) is 51.9 Å². The summed E-state index contributed by atoms with van der Waals surface area (Å²) in [5, 5.41) is 10.1. The Morgan fingerprint density at radius 3 is 2.56 bits per heavy atom. The molecule has 0 unspecified atom stereocenters. The summed E-state index contributed by atoms with van der Waals surface area (Å²) in [6, 6.07) is 6.91. The molecular formula is C23H24N6O5. The van der Waals surface area contributed by atoms with Crippen LogP contribution in [0.3, 0.4) is 0 Å². The van der Waals surface area contributed by atoms with E-state index >= 15 is 0 Å². The van der Waals surface area contributed by atoms with E-state index in [0.717, 1.165) is 5.69 Å². The van der Waals surface area contributed by atoms with E-state index in [1.165, 1.54) is 19.6 Å². The molecule has 0 saturated heterocycles. The third kappa shape index (κ3) is 4.98. The Labute approximate surface area is 195 Å². The molecular weight excluding hydrogens is 440 g/mol. The zero-order valence-electron chi connectivity index (χ0n) is 19.2. The Bertz CT molecular complexity index is 1320. The van der Waals surface area contributed by atoms with E-state index < -0.39 is 0 Å². The summed E-state index contributed by atoms with van der Waals surface area (Å²) in [7, 11) is 3.06. The Balaban J connectivity index is 1.56. The van der Waals surface area contributed by atoms with Crippen molar-refractivity contribution < 1.29 is 23.7 Å². The van der Waals surface area contributed by atoms with Crippen molar-refractivity contribution in [3.8, 4) is 28.9 Å². The Morgan fingerprint density at radius 1 is 1.03 bits per heavy atom. The monoisotopic (exact) mass is 464 g/mol. The van der Waals surface area contributed by atoms with E-state index in [9.17, 15) is 4.79 Å². The van der Waals surface area contributed by atoms with Gasteiger partial charge < -0.3 is 24.3 Å². The fourth-order valence-electron chi connectivity index (χ4n) is 3.30. The third-order valence-corrected chi connectivity index (χ3v) is 4.83. The summed E-state index contributed by atoms with van der Waals surface area (Å²) in [5.41, 5.74) is 1.93. The molecule has 0 aliphatic rings. The Kier molecular flexibility index (Phi) is 6.72. The summed E-state index contributed by atoms with van der Waals surface area (Å²) in [4.78, 5) is 25.3. The Hall–Kier alpha value is -4.41. The van der Waals surface area contributed by atoms with Crippen molar-refractivity contribution >= 4 is 22.6 Å². The second-order valence-electron chi connectivity index (χ2n) is 7.22. The topological polar surface area (TPSA) is 133 Å². The molecule has 0 aliphatic heterocycles. The summed E-state index contributed by atoms with van der Waals surface area (Å²) in [6.07, 6.45) is 2.91. The number of H-pyrrole nitrogens is 1. The van der Waals surface area contributed by atoms with Crippen LogP contribution in [-0.2, 0) is 11.2 Å². The van der Waals surface area contributed by atoms with E-state index in [4.69, 9.17) is 18.9 Å². The first-order chi connectivity index (χ1) is 16.5. The van der Waals surface area contributed by atoms with Gasteiger partial charge in [0.2, 0.25) is 11.8 Å². The number of nitrogens with one attached hydrogen (secondary N) is 2. The maximum Gasteiger partial charge on any atom is 0.231 e. The number of nitrogens with zero attached hydrogens (tertiary/aromatic N) is 4. The smallest absolute Gasteiger partial charge is 0.231 e. The number of rotatable bonds is 9. The van der Waals surface area contributed by atoms with Crippen LogP contribution < -0.4 is 24.3 Å². The normalized spacial score (nSPS) is 10.7. The van der Waals surface area contributed by atoms with Crippen LogP contribution >= 0.6 is 0 Å². The van der Waals surface area contributed by atoms with Crippen molar-refractivity contribution in [3.05, 3.63) is 48.2 Å². The van der Waals surface area contributed by atoms with Crippen molar-refractivity contribution in [1.82, 2.24) is 25.1 Å². The number of anilines is 1. The molecule has 0 fully saturated rings. The van der Waals surface area contributed by atoms with Gasteiger partial charge in [0.15, 0.2) is 23.1 Å². The van der Waals surface area contributed by atoms with Crippen molar-refractivity contribution in [1.29, 1.82) is 0 Å². The van der Waals surface area contributed by atoms with Crippen LogP contribution in [0.5, 0.6) is 28.9 Å². The van der Waals surface area contributed by atoms with E-state index in [1.807, 2.05) is 13.8 Å². The number of aromatic amines is 1. The number of methoxy groups -OCH3 is 2. The SMILES string of the molecule is CCOc1cc2ncnc(Oc3cnc(CC(=O)Nc4cc(C)[nH]n4)c(OC)c3)c2cc1OC. The van der Waals surface area contributed by atoms with Crippen LogP contribution in [0.2, 0.25) is 0 Å². The molecule has 0 radical (unpaired) electrons. The van der Waals surface area contributed by atoms with Crippen LogP contribution in [0.25, 0.3) is 10.9 Å². The van der Waals surface area contributed by atoms with Gasteiger partial charge in [0, 0.05) is 23.9 Å². The zero-order chi connectivity index (χ0) is 24.1. The molecule has 4 aromatic rings. The first-order valence-corrected chi connectivity index (χ1v) is 10.5. The first-order valence-electron chi connectivity index (χ1n) is 10.5. The lowest BCUT2D eigenvalue weighted by molar-refractivity contribution is -0.115. The van der Waals surface area contributed by atoms with Crippen LogP contribution in [0, 0.1) is 6.92 Å². The molecule has 0 saturated carbocycles. The number of hydrogen-bond acceptors (Lipinski definition) is 9. The van der Waals surface area contributed by atoms with Gasteiger partial charge in [0.1, 0.15) is 12.1 Å². The van der Waals surface area contributed by atoms with E-state index in [0.29, 0.717) is 57.9 Å². The van der Waals surface area contributed by atoms with Gasteiger partial charge >= 0.3 is 0 Å². The van der Waals surface area contributed by atoms with Gasteiger partial charge in [-0.05, 0) is 19.9 Å². The molecule has 0 spiro atoms. The molecule has 3 aromatic heterocycles. The molecule has 34 heavy (non-hydrogen) atoms. The van der Waals surface area contributed by atoms with Gasteiger partial charge in [-0.1, -0.05) is 0 Å². The van der Waals surface area contributed by atoms with Gasteiger partial charge in [-0.2, -0.15) is 5.10 Å². The van der Waals surface area contributed by atoms with Gasteiger partial charge in [0.25, 0.3) is 0 Å². The number of ether oxygens (including phenoxy) is 4. The molecule has 4 rings (SSSR count). The Morgan fingerprint density at radius 2 is 1.85 bits per heavy atom. The highest BCUT2D eigenvalue weighted by Crippen LogP contribution is 2.36. The number of pyridine rings is 1. The minimum absolute atomic E-state index is 0.00318. The number of carbonyl (C=O) groups is 1. The van der Waals surface area contributed by atoms with Crippen molar-refractivity contribution in [2.24, 2.45) is 0 Å². The van der Waals surface area contributed by atoms with Gasteiger partial charge in [-0.15, -0.1) is 0 Å². The maximum atomic E-state index is 12.4. The molecule has 176 valence electrons. The molecule has 0 bridgehead atoms. The first kappa shape index (κ1) is 22.8. The highest BCUT2D eigenvalue weighted by Gasteiger charge is 2.16. The van der Waals surface area contributed by atoms with Crippen molar-refractivity contribution in [2.75, 3.05) is 26.1 Å². The molecule has 0 aliphatic carbocycles. The summed E-state index contributed by atoms with van der Waals surface area (Å²) < 4.78 is 22.5. The maximum absolute atomic E-state index is 12.4. The lowest BCUT2D eigenvalue weighted by atomic mass is 10.2. The molecule has 2 N–H and O–H groups in total. The second-order valence-corrected chi connectivity index (χ2v) is 7.22. The van der Waals surface area contributed by atoms with Gasteiger partial charge in [-0.3, -0.25) is 14.9 Å². The highest BCUT2D eigenvalue weighted by molar-refractivity contribution is 5.91. The van der Waals surface area contributed by atoms with Crippen molar-refractivity contribution in [2.45, 2.75) is 20.3 Å². The fraction of sp³-hybridized carbons (Fsp3) is 0.261. The van der Waals surface area contributed by atoms with E-state index in [2.05, 4.69) is 30.5 Å². The van der Waals surface area contributed by atoms with Crippen LogP contribution in [0.1, 0.15) is 18.3 Å². The van der Waals surface area contributed by atoms with E-state index in [-0.39, 0.29) is 12.3 Å². The number of aryl methyl sites for hydroxylation is 1. The van der Waals surface area contributed by atoms with Gasteiger partial charge in [-0.25, -0.2) is 9.97 Å². The summed E-state index contributed by atoms with van der Waals surface area (Å²) in [5.74, 6) is 2.40. The number of benzene rings is 1. The zero-order valence-corrected chi connectivity index (χ0v) is 19.2. The molecule has 11 heteroatoms. The number of carbonyl (C=O) groups excluding carboxylic acids is 1. The largest absolute Gasteiger partial charge is 0.495 e. The molecule has 1 amide bonds. The van der Waals surface area contributed by atoms with E-state index in [1.54, 1.807) is 31.4 Å². The molecule has 11 nitrogen and oxygen atoms in total. The minimum atomic E-state index is -0.273. The fourth-order valence-corrected chi connectivity index (χ4v) is 3.30. The van der Waals surface area contributed by atoms with Crippen LogP contribution in [0.15, 0.2) is 36.8 Å². The molecule has 0 atom stereocenters. The predicted octanol–water partition coefficient (Wildman–Crippen LogP) is 3.45. The quantitative estimate of drug-likeness (QED) is 0.382. The van der Waals surface area contributed by atoms with Crippen molar-refractivity contribution in [3.63, 3.8) is 0 Å². The highest BCUT2D eigenvalue weighted by atomic mass is 16.5. The summed E-state index contributed by atoms with van der Waals surface area (Å²) >= 11 is 0. The van der Waals surface area contributed by atoms with Crippen LogP contribution in [0.4, 0.5) is 5.82 Å². The minimum Gasteiger partial charge on any atom is -0.495 e. The number of aromatic nitrogens is 5. The number of amides is 1. The lowest BCUT2D eigenvalue weighted by Gasteiger charge is -2.13.